The van der Waals surface area contributed by atoms with E-state index in [2.05, 4.69) is 24.1 Å². The molecule has 1 spiro atoms. The number of aliphatic hydroxyl groups excluding tert-OH is 1. The van der Waals surface area contributed by atoms with Crippen molar-refractivity contribution in [2.24, 2.45) is 11.8 Å². The van der Waals surface area contributed by atoms with Crippen molar-refractivity contribution < 1.29 is 14.7 Å². The molecule has 1 aliphatic carbocycles. The zero-order chi connectivity index (χ0) is 17.3. The van der Waals surface area contributed by atoms with Crippen molar-refractivity contribution in [2.45, 2.75) is 64.0 Å². The summed E-state index contributed by atoms with van der Waals surface area (Å²) in [5.74, 6) is 1.23. The summed E-state index contributed by atoms with van der Waals surface area (Å²) in [6.45, 7) is 7.06. The molecule has 0 unspecified atom stereocenters. The lowest BCUT2D eigenvalue weighted by atomic mass is 9.77. The summed E-state index contributed by atoms with van der Waals surface area (Å²) in [6, 6.07) is -0.333. The molecule has 2 saturated heterocycles. The molecular formula is C18H31N3O3. The molecule has 136 valence electrons. The van der Waals surface area contributed by atoms with Crippen LogP contribution >= 0.6 is 0 Å². The summed E-state index contributed by atoms with van der Waals surface area (Å²) < 4.78 is 0. The van der Waals surface area contributed by atoms with E-state index in [1.807, 2.05) is 0 Å². The smallest absolute Gasteiger partial charge is 0.325 e. The van der Waals surface area contributed by atoms with Crippen LogP contribution in [0.4, 0.5) is 4.79 Å². The highest BCUT2D eigenvalue weighted by Crippen LogP contribution is 2.36. The Labute approximate surface area is 144 Å². The van der Waals surface area contributed by atoms with E-state index >= 15 is 0 Å². The van der Waals surface area contributed by atoms with Crippen molar-refractivity contribution in [1.29, 1.82) is 0 Å². The van der Waals surface area contributed by atoms with Crippen LogP contribution in [0.15, 0.2) is 0 Å². The quantitative estimate of drug-likeness (QED) is 0.764. The molecule has 0 aromatic rings. The Kier molecular flexibility index (Phi) is 5.16. The maximum Gasteiger partial charge on any atom is 0.325 e. The topological polar surface area (TPSA) is 72.9 Å². The van der Waals surface area contributed by atoms with Gasteiger partial charge in [-0.3, -0.25) is 9.69 Å². The summed E-state index contributed by atoms with van der Waals surface area (Å²) in [4.78, 5) is 28.5. The number of likely N-dealkylation sites (tertiary alicyclic amines) is 1. The Morgan fingerprint density at radius 3 is 2.29 bits per heavy atom. The zero-order valence-corrected chi connectivity index (χ0v) is 15.0. The number of aliphatic hydroxyl groups is 1. The Balaban J connectivity index is 1.55. The number of β-amino-alcohol motifs (C(OH)–C–C–N with tert-alkyl or cyclic N) is 1. The van der Waals surface area contributed by atoms with E-state index in [-0.39, 0.29) is 18.5 Å². The molecule has 2 N–H and O–H groups in total. The number of hydrogen-bond donors (Lipinski definition) is 2. The first-order chi connectivity index (χ1) is 11.4. The minimum atomic E-state index is -0.704. The van der Waals surface area contributed by atoms with Gasteiger partial charge in [0.15, 0.2) is 0 Å². The fourth-order valence-electron chi connectivity index (χ4n) is 4.25. The standard InChI is InChI=1S/C18H31N3O3/c1-13-3-7-18(8-4-13)16(23)21(17(24)19-18)12-15(22)11-20-9-5-14(2)6-10-20/h13-15,22H,3-12H2,1-2H3,(H,19,24)/t13?,15-,18?/m1/s1. The second-order valence-corrected chi connectivity index (χ2v) is 8.25. The normalized spacial score (nSPS) is 34.0. The summed E-state index contributed by atoms with van der Waals surface area (Å²) in [6.07, 6.45) is 4.99. The predicted octanol–water partition coefficient (Wildman–Crippen LogP) is 1.58. The van der Waals surface area contributed by atoms with Crippen LogP contribution in [0.5, 0.6) is 0 Å². The van der Waals surface area contributed by atoms with E-state index in [0.717, 1.165) is 57.5 Å². The molecular weight excluding hydrogens is 306 g/mol. The van der Waals surface area contributed by atoms with Crippen molar-refractivity contribution in [1.82, 2.24) is 15.1 Å². The van der Waals surface area contributed by atoms with E-state index in [1.165, 1.54) is 4.90 Å². The monoisotopic (exact) mass is 337 g/mol. The van der Waals surface area contributed by atoms with Crippen LogP contribution in [0, 0.1) is 11.8 Å². The molecule has 3 amide bonds. The van der Waals surface area contributed by atoms with Gasteiger partial charge in [-0.05, 0) is 63.5 Å². The fraction of sp³-hybridized carbons (Fsp3) is 0.889. The molecule has 6 heteroatoms. The largest absolute Gasteiger partial charge is 0.390 e. The van der Waals surface area contributed by atoms with E-state index in [4.69, 9.17) is 0 Å². The van der Waals surface area contributed by atoms with Gasteiger partial charge in [0.2, 0.25) is 0 Å². The van der Waals surface area contributed by atoms with Crippen molar-refractivity contribution in [3.8, 4) is 0 Å². The van der Waals surface area contributed by atoms with Gasteiger partial charge in [-0.25, -0.2) is 4.79 Å². The average Bonchev–Trinajstić information content (AvgIpc) is 2.77. The van der Waals surface area contributed by atoms with Crippen LogP contribution in [-0.2, 0) is 4.79 Å². The molecule has 1 saturated carbocycles. The molecule has 0 aromatic heterocycles. The first-order valence-electron chi connectivity index (χ1n) is 9.44. The van der Waals surface area contributed by atoms with Gasteiger partial charge in [0, 0.05) is 6.54 Å². The lowest BCUT2D eigenvalue weighted by Gasteiger charge is -2.34. The maximum atomic E-state index is 12.8. The predicted molar refractivity (Wildman–Crippen MR) is 91.5 cm³/mol. The van der Waals surface area contributed by atoms with Crippen molar-refractivity contribution in [3.63, 3.8) is 0 Å². The third-order valence-corrected chi connectivity index (χ3v) is 6.11. The second kappa shape index (κ2) is 7.00. The van der Waals surface area contributed by atoms with Crippen molar-refractivity contribution in [3.05, 3.63) is 0 Å². The number of urea groups is 1. The van der Waals surface area contributed by atoms with E-state index in [0.29, 0.717) is 12.5 Å². The van der Waals surface area contributed by atoms with Gasteiger partial charge in [0.05, 0.1) is 12.6 Å². The Bertz CT molecular complexity index is 480. The van der Waals surface area contributed by atoms with Crippen LogP contribution in [0.25, 0.3) is 0 Å². The first kappa shape index (κ1) is 17.7. The van der Waals surface area contributed by atoms with Gasteiger partial charge in [0.1, 0.15) is 5.54 Å². The van der Waals surface area contributed by atoms with Gasteiger partial charge in [0.25, 0.3) is 5.91 Å². The van der Waals surface area contributed by atoms with Gasteiger partial charge in [-0.2, -0.15) is 0 Å². The molecule has 0 radical (unpaired) electrons. The van der Waals surface area contributed by atoms with E-state index in [1.54, 1.807) is 0 Å². The SMILES string of the molecule is CC1CCN(C[C@@H](O)CN2C(=O)NC3(CCC(C)CC3)C2=O)CC1. The van der Waals surface area contributed by atoms with Crippen LogP contribution in [0.3, 0.4) is 0 Å². The zero-order valence-electron chi connectivity index (χ0n) is 15.0. The highest BCUT2D eigenvalue weighted by atomic mass is 16.3. The van der Waals surface area contributed by atoms with Gasteiger partial charge < -0.3 is 15.3 Å². The lowest BCUT2D eigenvalue weighted by molar-refractivity contribution is -0.133. The Hall–Kier alpha value is -1.14. The molecule has 3 rings (SSSR count). The van der Waals surface area contributed by atoms with Gasteiger partial charge in [-0.1, -0.05) is 13.8 Å². The third kappa shape index (κ3) is 3.59. The highest BCUT2D eigenvalue weighted by Gasteiger charge is 2.52. The van der Waals surface area contributed by atoms with Crippen molar-refractivity contribution >= 4 is 11.9 Å². The summed E-state index contributed by atoms with van der Waals surface area (Å²) in [5, 5.41) is 13.3. The summed E-state index contributed by atoms with van der Waals surface area (Å²) in [5.41, 5.74) is -0.704. The molecule has 1 atom stereocenters. The minimum absolute atomic E-state index is 0.105. The number of amides is 3. The number of hydrogen-bond acceptors (Lipinski definition) is 4. The Morgan fingerprint density at radius 1 is 1.08 bits per heavy atom. The van der Waals surface area contributed by atoms with Gasteiger partial charge in [-0.15, -0.1) is 0 Å². The second-order valence-electron chi connectivity index (χ2n) is 8.25. The Morgan fingerprint density at radius 2 is 1.67 bits per heavy atom. The number of nitrogens with zero attached hydrogens (tertiary/aromatic N) is 2. The number of carbonyl (C=O) groups excluding carboxylic acids is 2. The number of rotatable bonds is 4. The number of piperidine rings is 1. The number of carbonyl (C=O) groups is 2. The lowest BCUT2D eigenvalue weighted by Crippen LogP contribution is -2.50. The van der Waals surface area contributed by atoms with E-state index < -0.39 is 11.6 Å². The third-order valence-electron chi connectivity index (χ3n) is 6.11. The number of imide groups is 1. The van der Waals surface area contributed by atoms with Crippen molar-refractivity contribution in [2.75, 3.05) is 26.2 Å². The molecule has 2 aliphatic heterocycles. The molecule has 24 heavy (non-hydrogen) atoms. The molecule has 0 bridgehead atoms. The fourth-order valence-corrected chi connectivity index (χ4v) is 4.25. The summed E-state index contributed by atoms with van der Waals surface area (Å²) in [7, 11) is 0. The van der Waals surface area contributed by atoms with Crippen LogP contribution in [-0.4, -0.2) is 64.7 Å². The molecule has 0 aromatic carbocycles. The first-order valence-corrected chi connectivity index (χ1v) is 9.44. The van der Waals surface area contributed by atoms with Crippen LogP contribution in [0.1, 0.15) is 52.4 Å². The number of nitrogens with one attached hydrogen (secondary N) is 1. The van der Waals surface area contributed by atoms with Crippen LogP contribution in [0.2, 0.25) is 0 Å². The summed E-state index contributed by atoms with van der Waals surface area (Å²) >= 11 is 0. The molecule has 3 fully saturated rings. The molecule has 3 aliphatic rings. The average molecular weight is 337 g/mol. The molecule has 6 nitrogen and oxygen atoms in total. The van der Waals surface area contributed by atoms with Crippen LogP contribution < -0.4 is 5.32 Å². The van der Waals surface area contributed by atoms with Gasteiger partial charge >= 0.3 is 6.03 Å². The van der Waals surface area contributed by atoms with E-state index in [9.17, 15) is 14.7 Å². The maximum absolute atomic E-state index is 12.8. The molecule has 2 heterocycles. The highest BCUT2D eigenvalue weighted by molar-refractivity contribution is 6.07. The minimum Gasteiger partial charge on any atom is -0.390 e.